The maximum Gasteiger partial charge on any atom is 0.251 e. The number of piperidine rings is 1. The molecule has 1 saturated heterocycles. The van der Waals surface area contributed by atoms with Gasteiger partial charge in [-0.3, -0.25) is 9.10 Å². The molecule has 3 aromatic rings. The van der Waals surface area contributed by atoms with E-state index in [2.05, 4.69) is 39.6 Å². The van der Waals surface area contributed by atoms with Crippen molar-refractivity contribution in [3.05, 3.63) is 51.8 Å². The number of sulfonamides is 1. The lowest BCUT2D eigenvalue weighted by Gasteiger charge is -2.30. The van der Waals surface area contributed by atoms with Crippen molar-refractivity contribution in [2.24, 2.45) is 11.8 Å². The first-order chi connectivity index (χ1) is 20.4. The molecule has 1 N–H and O–H groups in total. The molecule has 14 heteroatoms. The first kappa shape index (κ1) is 31.5. The first-order valence-corrected chi connectivity index (χ1v) is 16.9. The summed E-state index contributed by atoms with van der Waals surface area (Å²) in [6, 6.07) is 9.93. The van der Waals surface area contributed by atoms with Gasteiger partial charge in [-0.1, -0.05) is 60.5 Å². The van der Waals surface area contributed by atoms with E-state index >= 15 is 0 Å². The fraction of sp³-hybridized carbons (Fsp3) is 0.517. The number of benzene rings is 1. The van der Waals surface area contributed by atoms with Crippen LogP contribution in [0.15, 0.2) is 34.7 Å². The minimum absolute atomic E-state index is 0.00806. The molecule has 2 fully saturated rings. The van der Waals surface area contributed by atoms with Gasteiger partial charge in [0.2, 0.25) is 21.8 Å². The van der Waals surface area contributed by atoms with Crippen LogP contribution in [0.5, 0.6) is 0 Å². The zero-order valence-corrected chi connectivity index (χ0v) is 27.2. The van der Waals surface area contributed by atoms with Crippen molar-refractivity contribution in [1.29, 1.82) is 0 Å². The monoisotopic (exact) mass is 649 g/mol. The van der Waals surface area contributed by atoms with E-state index in [1.165, 1.54) is 11.9 Å². The van der Waals surface area contributed by atoms with Gasteiger partial charge in [-0.2, -0.15) is 0 Å². The Labute approximate surface area is 262 Å². The number of hydrogen-bond acceptors (Lipinski definition) is 9. The molecular weight excluding hydrogens is 613 g/mol. The summed E-state index contributed by atoms with van der Waals surface area (Å²) in [6.07, 6.45) is 4.01. The molecule has 1 amide bonds. The van der Waals surface area contributed by atoms with Crippen LogP contribution in [0.25, 0.3) is 11.5 Å². The van der Waals surface area contributed by atoms with Gasteiger partial charge in [0.05, 0.1) is 34.5 Å². The van der Waals surface area contributed by atoms with Crippen molar-refractivity contribution >= 4 is 50.8 Å². The Morgan fingerprint density at radius 1 is 1.09 bits per heavy atom. The number of likely N-dealkylation sites (N-methyl/N-ethyl adjacent to an activating group) is 1. The molecular formula is C29H37Cl2N7O4S. The van der Waals surface area contributed by atoms with Crippen LogP contribution in [0.4, 0.5) is 11.6 Å². The Morgan fingerprint density at radius 3 is 2.40 bits per heavy atom. The average molecular weight is 651 g/mol. The number of hydrogen-bond donors (Lipinski definition) is 1. The topological polar surface area (TPSA) is 125 Å². The lowest BCUT2D eigenvalue weighted by Crippen LogP contribution is -2.39. The summed E-state index contributed by atoms with van der Waals surface area (Å²) in [5.41, 5.74) is 1.32. The van der Waals surface area contributed by atoms with Crippen LogP contribution in [0.3, 0.4) is 0 Å². The van der Waals surface area contributed by atoms with Crippen LogP contribution in [0.1, 0.15) is 49.6 Å². The van der Waals surface area contributed by atoms with Crippen LogP contribution in [0, 0.1) is 11.8 Å². The molecule has 1 aliphatic carbocycles. The molecule has 1 saturated carbocycles. The third-order valence-corrected chi connectivity index (χ3v) is 10.2. The number of carbonyl (C=O) groups is 1. The summed E-state index contributed by atoms with van der Waals surface area (Å²) < 4.78 is 32.5. The Bertz CT molecular complexity index is 1580. The number of anilines is 2. The Hall–Kier alpha value is -2.93. The lowest BCUT2D eigenvalue weighted by molar-refractivity contribution is -0.127. The number of nitrogens with zero attached hydrogens (tertiary/aromatic N) is 6. The lowest BCUT2D eigenvalue weighted by atomic mass is 9.85. The van der Waals surface area contributed by atoms with Crippen LogP contribution >= 0.6 is 23.2 Å². The van der Waals surface area contributed by atoms with Crippen molar-refractivity contribution in [3.63, 3.8) is 0 Å². The summed E-state index contributed by atoms with van der Waals surface area (Å²) in [5.74, 6) is 1.36. The average Bonchev–Trinajstić information content (AvgIpc) is 3.45. The van der Waals surface area contributed by atoms with E-state index in [-0.39, 0.29) is 57.5 Å². The maximum atomic E-state index is 12.9. The molecule has 0 radical (unpaired) electrons. The van der Waals surface area contributed by atoms with Gasteiger partial charge in [0.25, 0.3) is 5.89 Å². The van der Waals surface area contributed by atoms with Crippen molar-refractivity contribution in [3.8, 4) is 11.5 Å². The summed E-state index contributed by atoms with van der Waals surface area (Å²) in [4.78, 5) is 20.8. The Balaban J connectivity index is 1.61. The molecule has 4 atom stereocenters. The van der Waals surface area contributed by atoms with Crippen LogP contribution in [-0.4, -0.2) is 81.4 Å². The molecule has 5 rings (SSSR count). The maximum absolute atomic E-state index is 12.9. The number of rotatable bonds is 10. The van der Waals surface area contributed by atoms with Gasteiger partial charge < -0.3 is 19.5 Å². The molecule has 3 heterocycles. The molecule has 2 aliphatic rings. The fourth-order valence-corrected chi connectivity index (χ4v) is 6.64. The standard InChI is InChI=1S/C29H37Cl2N7O4S/c1-17-14-19(17)15-38(16-21(39)36(2)3)27-24(31)22(23(30)26(33-27)37(4)43(5,40)41)28-34-35-29(42-28)25-20(12-9-13-32-25)18-10-7-6-8-11-18/h6-8,10-11,17,19-20,25,32H,9,12-16H2,1-5H3/t17-,19+,20+,25+/m1/s1. The second-order valence-corrected chi connectivity index (χ2v) is 14.4. The molecule has 0 bridgehead atoms. The van der Waals surface area contributed by atoms with E-state index < -0.39 is 10.0 Å². The van der Waals surface area contributed by atoms with Gasteiger partial charge in [0.15, 0.2) is 11.6 Å². The largest absolute Gasteiger partial charge is 0.419 e. The molecule has 43 heavy (non-hydrogen) atoms. The van der Waals surface area contributed by atoms with Gasteiger partial charge >= 0.3 is 0 Å². The highest BCUT2D eigenvalue weighted by molar-refractivity contribution is 7.92. The van der Waals surface area contributed by atoms with Gasteiger partial charge in [-0.25, -0.2) is 13.4 Å². The first-order valence-electron chi connectivity index (χ1n) is 14.3. The van der Waals surface area contributed by atoms with Gasteiger partial charge in [-0.15, -0.1) is 10.2 Å². The summed E-state index contributed by atoms with van der Waals surface area (Å²) in [5, 5.41) is 12.3. The highest BCUT2D eigenvalue weighted by Gasteiger charge is 2.38. The molecule has 2 aromatic heterocycles. The summed E-state index contributed by atoms with van der Waals surface area (Å²) in [6.45, 7) is 3.44. The zero-order valence-electron chi connectivity index (χ0n) is 24.9. The number of pyridine rings is 1. The van der Waals surface area contributed by atoms with Crippen LogP contribution in [0.2, 0.25) is 10.0 Å². The molecule has 1 aromatic carbocycles. The number of carbonyl (C=O) groups excluding carboxylic acids is 1. The van der Waals surface area contributed by atoms with E-state index in [1.807, 2.05) is 18.2 Å². The summed E-state index contributed by atoms with van der Waals surface area (Å²) >= 11 is 13.9. The number of nitrogens with one attached hydrogen (secondary N) is 1. The predicted molar refractivity (Wildman–Crippen MR) is 168 cm³/mol. The van der Waals surface area contributed by atoms with Crippen molar-refractivity contribution < 1.29 is 17.6 Å². The van der Waals surface area contributed by atoms with Gasteiger partial charge in [0, 0.05) is 33.6 Å². The molecule has 0 unspecified atom stereocenters. The zero-order chi connectivity index (χ0) is 31.1. The molecule has 0 spiro atoms. The van der Waals surface area contributed by atoms with E-state index in [0.717, 1.165) is 41.9 Å². The highest BCUT2D eigenvalue weighted by atomic mass is 35.5. The van der Waals surface area contributed by atoms with Crippen molar-refractivity contribution in [2.75, 3.05) is 56.2 Å². The van der Waals surface area contributed by atoms with E-state index in [0.29, 0.717) is 24.3 Å². The van der Waals surface area contributed by atoms with E-state index in [1.54, 1.807) is 19.0 Å². The predicted octanol–water partition coefficient (Wildman–Crippen LogP) is 4.59. The van der Waals surface area contributed by atoms with Crippen LogP contribution < -0.4 is 14.5 Å². The van der Waals surface area contributed by atoms with Gasteiger partial charge in [-0.05, 0) is 43.2 Å². The molecule has 11 nitrogen and oxygen atoms in total. The Kier molecular flexibility index (Phi) is 9.22. The van der Waals surface area contributed by atoms with Crippen molar-refractivity contribution in [1.82, 2.24) is 25.4 Å². The minimum atomic E-state index is -3.77. The highest BCUT2D eigenvalue weighted by Crippen LogP contribution is 2.47. The Morgan fingerprint density at radius 2 is 1.77 bits per heavy atom. The number of halogens is 2. The number of amides is 1. The van der Waals surface area contributed by atoms with Crippen LogP contribution in [-0.2, 0) is 14.8 Å². The molecule has 232 valence electrons. The van der Waals surface area contributed by atoms with Gasteiger partial charge in [0.1, 0.15) is 0 Å². The minimum Gasteiger partial charge on any atom is -0.419 e. The SMILES string of the molecule is C[C@@H]1C[C@H]1CN(CC(=O)N(C)C)c1nc(N(C)S(C)(=O)=O)c(Cl)c(-c2nnc([C@H]3NCCC[C@H]3c3ccccc3)o2)c1Cl. The van der Waals surface area contributed by atoms with E-state index in [4.69, 9.17) is 27.6 Å². The second-order valence-electron chi connectivity index (χ2n) is 11.7. The van der Waals surface area contributed by atoms with Crippen molar-refractivity contribution in [2.45, 2.75) is 38.1 Å². The molecule has 1 aliphatic heterocycles. The quantitative estimate of drug-likeness (QED) is 0.336. The third-order valence-electron chi connectivity index (χ3n) is 8.30. The normalized spacial score (nSPS) is 21.8. The third kappa shape index (κ3) is 6.77. The fourth-order valence-electron chi connectivity index (χ4n) is 5.42. The van der Waals surface area contributed by atoms with E-state index in [9.17, 15) is 13.2 Å². The second kappa shape index (κ2) is 12.6. The smallest absolute Gasteiger partial charge is 0.251 e. The summed E-state index contributed by atoms with van der Waals surface area (Å²) in [7, 11) is 0.943. The number of aromatic nitrogens is 3.